The van der Waals surface area contributed by atoms with Gasteiger partial charge in [-0.15, -0.1) is 0 Å². The number of rotatable bonds is 4. The van der Waals surface area contributed by atoms with Crippen LogP contribution in [-0.4, -0.2) is 17.0 Å². The molecule has 1 aliphatic carbocycles. The largest absolute Gasteiger partial charge is 0.385 e. The lowest BCUT2D eigenvalue weighted by Crippen LogP contribution is -2.35. The van der Waals surface area contributed by atoms with E-state index in [4.69, 9.17) is 0 Å². The Balaban J connectivity index is 2.99. The number of aliphatic hydroxyl groups excluding tert-OH is 1. The molecule has 0 aromatic rings. The van der Waals surface area contributed by atoms with Gasteiger partial charge in [-0.2, -0.15) is 0 Å². The molecule has 0 fully saturated rings. The molecule has 1 rings (SSSR count). The van der Waals surface area contributed by atoms with Crippen LogP contribution < -0.4 is 0 Å². The summed E-state index contributed by atoms with van der Waals surface area (Å²) in [6.07, 6.45) is 11.9. The third-order valence-electron chi connectivity index (χ3n) is 4.20. The molecule has 0 bridgehead atoms. The fourth-order valence-electron chi connectivity index (χ4n) is 2.65. The highest BCUT2D eigenvalue weighted by Crippen LogP contribution is 2.39. The zero-order chi connectivity index (χ0) is 16.9. The third-order valence-corrected chi connectivity index (χ3v) is 4.20. The first-order chi connectivity index (χ1) is 10.2. The second-order valence-corrected chi connectivity index (χ2v) is 6.64. The van der Waals surface area contributed by atoms with Crippen molar-refractivity contribution in [3.8, 4) is 0 Å². The van der Waals surface area contributed by atoms with Gasteiger partial charge in [0.2, 0.25) is 0 Å². The van der Waals surface area contributed by atoms with Gasteiger partial charge >= 0.3 is 0 Å². The molecule has 0 saturated heterocycles. The predicted octanol–water partition coefficient (Wildman–Crippen LogP) is 4.69. The van der Waals surface area contributed by atoms with Crippen LogP contribution in [0, 0.1) is 5.41 Å². The number of aliphatic hydroxyl groups is 1. The molecule has 0 heterocycles. The minimum Gasteiger partial charge on any atom is -0.385 e. The summed E-state index contributed by atoms with van der Waals surface area (Å²) < 4.78 is 0. The van der Waals surface area contributed by atoms with Crippen LogP contribution in [0.15, 0.2) is 58.7 Å². The van der Waals surface area contributed by atoms with Gasteiger partial charge in [0.1, 0.15) is 6.10 Å². The van der Waals surface area contributed by atoms with Crippen LogP contribution in [0.25, 0.3) is 0 Å². The number of Topliss-reactive ketones (excluding diaryl/α,β-unsaturated/α-hetero) is 1. The van der Waals surface area contributed by atoms with Gasteiger partial charge in [-0.3, -0.25) is 4.79 Å². The molecule has 1 atom stereocenters. The molecule has 0 radical (unpaired) electrons. The first-order valence-electron chi connectivity index (χ1n) is 7.78. The van der Waals surface area contributed by atoms with Crippen LogP contribution in [0.5, 0.6) is 0 Å². The summed E-state index contributed by atoms with van der Waals surface area (Å²) in [6, 6.07) is 0. The van der Waals surface area contributed by atoms with Crippen molar-refractivity contribution in [3.63, 3.8) is 0 Å². The summed E-state index contributed by atoms with van der Waals surface area (Å²) in [4.78, 5) is 12.0. The minimum atomic E-state index is -0.865. The number of allylic oxidation sites excluding steroid dienone is 9. The Morgan fingerprint density at radius 1 is 1.23 bits per heavy atom. The topological polar surface area (TPSA) is 37.3 Å². The molecule has 1 N–H and O–H groups in total. The SMILES string of the molecule is CC=C(C)C=CC=C(C)/C=C/C1=C(C)C(=O)C(O)CC1(C)C. The molecule has 0 aromatic heterocycles. The van der Waals surface area contributed by atoms with Crippen molar-refractivity contribution in [2.75, 3.05) is 0 Å². The molecular formula is C20H28O2. The van der Waals surface area contributed by atoms with E-state index in [1.165, 1.54) is 5.57 Å². The average molecular weight is 300 g/mol. The van der Waals surface area contributed by atoms with E-state index >= 15 is 0 Å². The summed E-state index contributed by atoms with van der Waals surface area (Å²) in [7, 11) is 0. The van der Waals surface area contributed by atoms with Crippen LogP contribution in [0.1, 0.15) is 48.0 Å². The second kappa shape index (κ2) is 7.55. The van der Waals surface area contributed by atoms with Crippen molar-refractivity contribution in [3.05, 3.63) is 58.7 Å². The van der Waals surface area contributed by atoms with E-state index in [0.29, 0.717) is 12.0 Å². The molecule has 120 valence electrons. The standard InChI is InChI=1S/C20H28O2/c1-7-14(2)9-8-10-15(3)11-12-17-16(4)19(22)18(21)13-20(17,5)6/h7-12,18,21H,13H2,1-6H3/b9-8?,12-11+,14-7?,15-10?. The van der Waals surface area contributed by atoms with E-state index < -0.39 is 6.10 Å². The number of carbonyl (C=O) groups is 1. The first-order valence-corrected chi connectivity index (χ1v) is 7.78. The van der Waals surface area contributed by atoms with E-state index in [0.717, 1.165) is 11.1 Å². The van der Waals surface area contributed by atoms with Gasteiger partial charge in [0.05, 0.1) is 0 Å². The Kier molecular flexibility index (Phi) is 6.31. The van der Waals surface area contributed by atoms with Gasteiger partial charge in [-0.05, 0) is 50.7 Å². The van der Waals surface area contributed by atoms with Crippen molar-refractivity contribution in [1.82, 2.24) is 0 Å². The molecular weight excluding hydrogens is 272 g/mol. The van der Waals surface area contributed by atoms with Crippen LogP contribution in [-0.2, 0) is 4.79 Å². The molecule has 1 unspecified atom stereocenters. The zero-order valence-corrected chi connectivity index (χ0v) is 14.6. The average Bonchev–Trinajstić information content (AvgIpc) is 2.43. The number of carbonyl (C=O) groups excluding carboxylic acids is 1. The van der Waals surface area contributed by atoms with E-state index in [-0.39, 0.29) is 11.2 Å². The smallest absolute Gasteiger partial charge is 0.187 e. The molecule has 0 spiro atoms. The Morgan fingerprint density at radius 3 is 2.45 bits per heavy atom. The summed E-state index contributed by atoms with van der Waals surface area (Å²) in [5.74, 6) is -0.149. The van der Waals surface area contributed by atoms with Crippen molar-refractivity contribution in [1.29, 1.82) is 0 Å². The number of hydrogen-bond acceptors (Lipinski definition) is 2. The van der Waals surface area contributed by atoms with Crippen LogP contribution in [0.3, 0.4) is 0 Å². The van der Waals surface area contributed by atoms with Crippen molar-refractivity contribution in [2.45, 2.75) is 54.1 Å². The highest BCUT2D eigenvalue weighted by atomic mass is 16.3. The minimum absolute atomic E-state index is 0.149. The molecule has 0 amide bonds. The van der Waals surface area contributed by atoms with E-state index in [1.807, 2.05) is 38.2 Å². The molecule has 0 saturated carbocycles. The van der Waals surface area contributed by atoms with Crippen molar-refractivity contribution >= 4 is 5.78 Å². The lowest BCUT2D eigenvalue weighted by atomic mass is 9.71. The Bertz CT molecular complexity index is 581. The number of ketones is 1. The predicted molar refractivity (Wildman–Crippen MR) is 93.6 cm³/mol. The fraction of sp³-hybridized carbons (Fsp3) is 0.450. The first kappa shape index (κ1) is 18.4. The summed E-state index contributed by atoms with van der Waals surface area (Å²) in [5, 5.41) is 9.84. The van der Waals surface area contributed by atoms with Gasteiger partial charge in [0, 0.05) is 0 Å². The molecule has 22 heavy (non-hydrogen) atoms. The van der Waals surface area contributed by atoms with Crippen LogP contribution in [0.4, 0.5) is 0 Å². The summed E-state index contributed by atoms with van der Waals surface area (Å²) >= 11 is 0. The highest BCUT2D eigenvalue weighted by molar-refractivity contribution is 6.00. The Morgan fingerprint density at radius 2 is 1.86 bits per heavy atom. The van der Waals surface area contributed by atoms with Crippen LogP contribution in [0.2, 0.25) is 0 Å². The maximum Gasteiger partial charge on any atom is 0.187 e. The maximum atomic E-state index is 12.0. The summed E-state index contributed by atoms with van der Waals surface area (Å²) in [6.45, 7) is 12.1. The van der Waals surface area contributed by atoms with Gasteiger partial charge in [0.15, 0.2) is 5.78 Å². The van der Waals surface area contributed by atoms with Crippen molar-refractivity contribution < 1.29 is 9.90 Å². The zero-order valence-electron chi connectivity index (χ0n) is 14.6. The molecule has 0 aromatic carbocycles. The lowest BCUT2D eigenvalue weighted by Gasteiger charge is -2.34. The summed E-state index contributed by atoms with van der Waals surface area (Å²) in [5.41, 5.74) is 3.85. The second-order valence-electron chi connectivity index (χ2n) is 6.64. The lowest BCUT2D eigenvalue weighted by molar-refractivity contribution is -0.125. The molecule has 2 heteroatoms. The van der Waals surface area contributed by atoms with E-state index in [9.17, 15) is 9.90 Å². The third kappa shape index (κ3) is 4.67. The van der Waals surface area contributed by atoms with Crippen molar-refractivity contribution in [2.24, 2.45) is 5.41 Å². The van der Waals surface area contributed by atoms with E-state index in [1.54, 1.807) is 6.92 Å². The molecule has 1 aliphatic rings. The Labute approximate surface area is 134 Å². The molecule has 0 aliphatic heterocycles. The normalized spacial score (nSPS) is 24.0. The number of hydrogen-bond donors (Lipinski definition) is 1. The monoisotopic (exact) mass is 300 g/mol. The van der Waals surface area contributed by atoms with Gasteiger partial charge in [-0.1, -0.05) is 61.4 Å². The van der Waals surface area contributed by atoms with Gasteiger partial charge < -0.3 is 5.11 Å². The van der Waals surface area contributed by atoms with E-state index in [2.05, 4.69) is 32.9 Å². The highest BCUT2D eigenvalue weighted by Gasteiger charge is 2.36. The molecule has 2 nitrogen and oxygen atoms in total. The van der Waals surface area contributed by atoms with Gasteiger partial charge in [0.25, 0.3) is 0 Å². The fourth-order valence-corrected chi connectivity index (χ4v) is 2.65. The quantitative estimate of drug-likeness (QED) is 0.765. The Hall–Kier alpha value is -1.67. The maximum absolute atomic E-state index is 12.0. The van der Waals surface area contributed by atoms with Crippen LogP contribution >= 0.6 is 0 Å². The van der Waals surface area contributed by atoms with Gasteiger partial charge in [-0.25, -0.2) is 0 Å².